The molecule has 0 aliphatic carbocycles. The van der Waals surface area contributed by atoms with E-state index in [1.807, 2.05) is 36.4 Å². The largest absolute Gasteiger partial charge is 0.372 e. The van der Waals surface area contributed by atoms with Gasteiger partial charge in [-0.2, -0.15) is 0 Å². The van der Waals surface area contributed by atoms with Crippen molar-refractivity contribution < 1.29 is 0 Å². The van der Waals surface area contributed by atoms with E-state index >= 15 is 0 Å². The number of alkyl halides is 1. The maximum absolute atomic E-state index is 6.37. The normalized spacial score (nSPS) is 18.5. The van der Waals surface area contributed by atoms with Crippen LogP contribution in [0.1, 0.15) is 11.1 Å². The lowest BCUT2D eigenvalue weighted by Gasteiger charge is -2.27. The second-order valence-corrected chi connectivity index (χ2v) is 6.19. The summed E-state index contributed by atoms with van der Waals surface area (Å²) in [7, 11) is 2.06. The number of halogens is 2. The Balaban J connectivity index is 2.20. The molecule has 1 unspecified atom stereocenters. The van der Waals surface area contributed by atoms with Gasteiger partial charge in [-0.3, -0.25) is 4.99 Å². The van der Waals surface area contributed by atoms with E-state index < -0.39 is 0 Å². The zero-order valence-electron chi connectivity index (χ0n) is 11.8. The number of aliphatic imine (C=N–C) groups is 1. The first-order chi connectivity index (χ1) is 10.2. The summed E-state index contributed by atoms with van der Waals surface area (Å²) in [5.74, 6) is 0. The van der Waals surface area contributed by atoms with Gasteiger partial charge in [-0.15, -0.1) is 11.6 Å². The Morgan fingerprint density at radius 3 is 2.48 bits per heavy atom. The molecule has 0 fully saturated rings. The third-order valence-electron chi connectivity index (χ3n) is 3.62. The molecule has 0 saturated heterocycles. The number of hydrogen-bond acceptors (Lipinski definition) is 2. The average molecular weight is 319 g/mol. The summed E-state index contributed by atoms with van der Waals surface area (Å²) in [6.45, 7) is 1.36. The summed E-state index contributed by atoms with van der Waals surface area (Å²) in [5.41, 5.74) is 4.08. The topological polar surface area (TPSA) is 15.6 Å². The van der Waals surface area contributed by atoms with Crippen LogP contribution < -0.4 is 4.90 Å². The highest BCUT2D eigenvalue weighted by molar-refractivity contribution is 6.36. The average Bonchev–Trinajstić information content (AvgIpc) is 2.48. The molecule has 0 saturated carbocycles. The molecular formula is C17H16Cl2N2. The van der Waals surface area contributed by atoms with Crippen LogP contribution >= 0.6 is 23.2 Å². The lowest BCUT2D eigenvalue weighted by atomic mass is 9.99. The highest BCUT2D eigenvalue weighted by Gasteiger charge is 2.20. The molecule has 0 amide bonds. The van der Waals surface area contributed by atoms with Gasteiger partial charge < -0.3 is 4.90 Å². The van der Waals surface area contributed by atoms with E-state index in [0.717, 1.165) is 29.1 Å². The minimum absolute atomic E-state index is 0.0131. The second kappa shape index (κ2) is 6.08. The predicted molar refractivity (Wildman–Crippen MR) is 91.3 cm³/mol. The number of benzene rings is 2. The van der Waals surface area contributed by atoms with E-state index in [-0.39, 0.29) is 5.38 Å². The van der Waals surface area contributed by atoms with Crippen molar-refractivity contribution >= 4 is 34.6 Å². The lowest BCUT2D eigenvalue weighted by molar-refractivity contribution is 0.798. The van der Waals surface area contributed by atoms with Crippen molar-refractivity contribution in [2.24, 2.45) is 4.99 Å². The second-order valence-electron chi connectivity index (χ2n) is 5.16. The molecule has 0 radical (unpaired) electrons. The molecule has 4 heteroatoms. The third-order valence-corrected chi connectivity index (χ3v) is 4.22. The highest BCUT2D eigenvalue weighted by atomic mass is 35.5. The fourth-order valence-corrected chi connectivity index (χ4v) is 3.12. The molecule has 3 rings (SSSR count). The van der Waals surface area contributed by atoms with Crippen molar-refractivity contribution in [3.05, 3.63) is 64.7 Å². The van der Waals surface area contributed by atoms with Crippen LogP contribution in [0.4, 0.5) is 5.69 Å². The number of fused-ring (bicyclic) bond motifs is 1. The van der Waals surface area contributed by atoms with Crippen molar-refractivity contribution in [1.29, 1.82) is 0 Å². The molecule has 2 aromatic rings. The molecule has 1 atom stereocenters. The molecule has 2 nitrogen and oxygen atoms in total. The van der Waals surface area contributed by atoms with Crippen LogP contribution in [0.5, 0.6) is 0 Å². The maximum atomic E-state index is 6.37. The maximum Gasteiger partial charge on any atom is 0.0755 e. The number of nitrogens with zero attached hydrogens (tertiary/aromatic N) is 2. The molecule has 1 aliphatic heterocycles. The predicted octanol–water partition coefficient (Wildman–Crippen LogP) is 4.23. The first-order valence-corrected chi connectivity index (χ1v) is 7.72. The van der Waals surface area contributed by atoms with Gasteiger partial charge in [0.05, 0.1) is 17.6 Å². The molecule has 0 N–H and O–H groups in total. The molecular weight excluding hydrogens is 303 g/mol. The Bertz CT molecular complexity index is 682. The van der Waals surface area contributed by atoms with Crippen LogP contribution in [0.25, 0.3) is 0 Å². The van der Waals surface area contributed by atoms with Gasteiger partial charge in [0, 0.05) is 35.4 Å². The summed E-state index contributed by atoms with van der Waals surface area (Å²) in [6.07, 6.45) is 0. The van der Waals surface area contributed by atoms with Gasteiger partial charge in [0.15, 0.2) is 0 Å². The van der Waals surface area contributed by atoms with E-state index in [1.54, 1.807) is 0 Å². The van der Waals surface area contributed by atoms with Gasteiger partial charge >= 0.3 is 0 Å². The van der Waals surface area contributed by atoms with Gasteiger partial charge in [-0.25, -0.2) is 0 Å². The molecule has 2 aromatic carbocycles. The smallest absolute Gasteiger partial charge is 0.0755 e. The van der Waals surface area contributed by atoms with Crippen LogP contribution in [0.2, 0.25) is 5.02 Å². The van der Waals surface area contributed by atoms with Crippen molar-refractivity contribution in [2.45, 2.75) is 5.38 Å². The molecule has 0 bridgehead atoms. The van der Waals surface area contributed by atoms with Crippen molar-refractivity contribution in [3.63, 3.8) is 0 Å². The Morgan fingerprint density at radius 2 is 1.71 bits per heavy atom. The van der Waals surface area contributed by atoms with Crippen molar-refractivity contribution in [2.75, 3.05) is 25.0 Å². The standard InChI is InChI=1S/C17H16Cl2N2/c1-21-11-12(18)10-20-17(13-6-2-4-8-15(13)19)14-7-3-5-9-16(14)21/h2-9,12H,10-11H2,1H3. The van der Waals surface area contributed by atoms with Crippen LogP contribution in [0, 0.1) is 0 Å². The fourth-order valence-electron chi connectivity index (χ4n) is 2.62. The highest BCUT2D eigenvalue weighted by Crippen LogP contribution is 2.28. The number of hydrogen-bond donors (Lipinski definition) is 0. The zero-order chi connectivity index (χ0) is 14.8. The fraction of sp³-hybridized carbons (Fsp3) is 0.235. The van der Waals surface area contributed by atoms with E-state index in [4.69, 9.17) is 28.2 Å². The van der Waals surface area contributed by atoms with Gasteiger partial charge in [0.2, 0.25) is 0 Å². The van der Waals surface area contributed by atoms with E-state index in [9.17, 15) is 0 Å². The van der Waals surface area contributed by atoms with Gasteiger partial charge in [-0.05, 0) is 12.1 Å². The van der Waals surface area contributed by atoms with Crippen LogP contribution in [-0.4, -0.2) is 31.2 Å². The van der Waals surface area contributed by atoms with Gasteiger partial charge in [-0.1, -0.05) is 48.0 Å². The lowest BCUT2D eigenvalue weighted by Crippen LogP contribution is -2.31. The molecule has 0 spiro atoms. The Hall–Kier alpha value is -1.51. The summed E-state index contributed by atoms with van der Waals surface area (Å²) >= 11 is 12.7. The van der Waals surface area contributed by atoms with Crippen LogP contribution in [0.3, 0.4) is 0 Å². The monoisotopic (exact) mass is 318 g/mol. The summed E-state index contributed by atoms with van der Waals surface area (Å²) < 4.78 is 0. The summed E-state index contributed by atoms with van der Waals surface area (Å²) in [5, 5.41) is 0.696. The van der Waals surface area contributed by atoms with Gasteiger partial charge in [0.1, 0.15) is 0 Å². The number of para-hydroxylation sites is 1. The summed E-state index contributed by atoms with van der Waals surface area (Å²) in [4.78, 5) is 6.92. The molecule has 0 aromatic heterocycles. The third kappa shape index (κ3) is 2.92. The van der Waals surface area contributed by atoms with Gasteiger partial charge in [0.25, 0.3) is 0 Å². The van der Waals surface area contributed by atoms with E-state index in [2.05, 4.69) is 24.1 Å². The quantitative estimate of drug-likeness (QED) is 0.718. The van der Waals surface area contributed by atoms with E-state index in [0.29, 0.717) is 11.6 Å². The van der Waals surface area contributed by atoms with E-state index in [1.165, 1.54) is 0 Å². The zero-order valence-corrected chi connectivity index (χ0v) is 13.3. The summed E-state index contributed by atoms with van der Waals surface area (Å²) in [6, 6.07) is 16.0. The van der Waals surface area contributed by atoms with Crippen LogP contribution in [0.15, 0.2) is 53.5 Å². The first kappa shape index (κ1) is 14.4. The first-order valence-electron chi connectivity index (χ1n) is 6.91. The SMILES string of the molecule is CN1CC(Cl)CN=C(c2ccccc2Cl)c2ccccc21. The molecule has 1 aliphatic rings. The van der Waals surface area contributed by atoms with Crippen molar-refractivity contribution in [3.8, 4) is 0 Å². The molecule has 21 heavy (non-hydrogen) atoms. The minimum Gasteiger partial charge on any atom is -0.372 e. The van der Waals surface area contributed by atoms with Crippen molar-refractivity contribution in [1.82, 2.24) is 0 Å². The minimum atomic E-state index is -0.0131. The number of rotatable bonds is 1. The Morgan fingerprint density at radius 1 is 1.05 bits per heavy atom. The Labute approximate surface area is 135 Å². The van der Waals surface area contributed by atoms with Crippen LogP contribution in [-0.2, 0) is 0 Å². The Kier molecular flexibility index (Phi) is 4.18. The molecule has 1 heterocycles. The number of anilines is 1. The molecule has 108 valence electrons.